The maximum atomic E-state index is 12.6. The largest absolute Gasteiger partial charge is 0.573 e. The predicted octanol–water partition coefficient (Wildman–Crippen LogP) is 0.379. The monoisotopic (exact) mass is 574 g/mol. The molecule has 40 heavy (non-hydrogen) atoms. The van der Waals surface area contributed by atoms with Crippen molar-refractivity contribution in [3.05, 3.63) is 52.6 Å². The van der Waals surface area contributed by atoms with E-state index in [1.54, 1.807) is 0 Å². The van der Waals surface area contributed by atoms with Crippen LogP contribution in [0.3, 0.4) is 0 Å². The Morgan fingerprint density at radius 3 is 2.48 bits per heavy atom. The number of halogens is 3. The van der Waals surface area contributed by atoms with E-state index < -0.39 is 79.2 Å². The van der Waals surface area contributed by atoms with Crippen molar-refractivity contribution in [2.24, 2.45) is 5.73 Å². The summed E-state index contributed by atoms with van der Waals surface area (Å²) in [7, 11) is 0. The Bertz CT molecular complexity index is 1320. The number of rotatable bonds is 9. The van der Waals surface area contributed by atoms with Crippen molar-refractivity contribution in [3.8, 4) is 5.75 Å². The van der Waals surface area contributed by atoms with E-state index >= 15 is 0 Å². The van der Waals surface area contributed by atoms with Crippen LogP contribution in [0.5, 0.6) is 5.75 Å². The SMILES string of the molecule is CC(O)[C@@H](N)C(=O)ONc1ccn([C@@H]2O[C@H](COC(=O)c3ccc(OC(F)(F)F)cc3)[C@H]3OC(=O)O[C@H]32)c(=O)n1. The van der Waals surface area contributed by atoms with Crippen molar-refractivity contribution in [2.45, 2.75) is 50.0 Å². The number of aliphatic hydroxyl groups excluding tert-OH is 1. The zero-order chi connectivity index (χ0) is 29.2. The van der Waals surface area contributed by atoms with Gasteiger partial charge >= 0.3 is 30.1 Å². The number of nitrogens with two attached hydrogens (primary N) is 1. The number of nitrogens with zero attached hydrogens (tertiary/aromatic N) is 2. The number of ether oxygens (including phenoxy) is 5. The van der Waals surface area contributed by atoms with Crippen LogP contribution in [-0.2, 0) is 28.6 Å². The van der Waals surface area contributed by atoms with Crippen molar-refractivity contribution < 1.29 is 61.2 Å². The Morgan fingerprint density at radius 2 is 1.85 bits per heavy atom. The van der Waals surface area contributed by atoms with Crippen LogP contribution in [0.2, 0.25) is 0 Å². The van der Waals surface area contributed by atoms with Crippen molar-refractivity contribution in [2.75, 3.05) is 12.1 Å². The van der Waals surface area contributed by atoms with Gasteiger partial charge in [-0.2, -0.15) is 4.98 Å². The third-order valence-electron chi connectivity index (χ3n) is 5.60. The van der Waals surface area contributed by atoms with Gasteiger partial charge in [-0.15, -0.1) is 13.2 Å². The van der Waals surface area contributed by atoms with Crippen LogP contribution < -0.4 is 21.6 Å². The maximum absolute atomic E-state index is 12.6. The fourth-order valence-electron chi connectivity index (χ4n) is 3.65. The Hall–Kier alpha value is -4.42. The third-order valence-corrected chi connectivity index (χ3v) is 5.60. The highest BCUT2D eigenvalue weighted by atomic mass is 19.4. The molecule has 216 valence electrons. The van der Waals surface area contributed by atoms with E-state index in [4.69, 9.17) is 24.7 Å². The highest BCUT2D eigenvalue weighted by Crippen LogP contribution is 2.37. The number of benzene rings is 1. The number of esters is 1. The first-order valence-corrected chi connectivity index (χ1v) is 11.4. The quantitative estimate of drug-likeness (QED) is 0.211. The van der Waals surface area contributed by atoms with E-state index in [0.717, 1.165) is 28.8 Å². The Kier molecular flexibility index (Phi) is 8.12. The summed E-state index contributed by atoms with van der Waals surface area (Å²) in [6.07, 6.45) is -10.5. The first-order chi connectivity index (χ1) is 18.8. The summed E-state index contributed by atoms with van der Waals surface area (Å²) < 4.78 is 62.7. The smallest absolute Gasteiger partial charge is 0.459 e. The number of alkyl halides is 3. The van der Waals surface area contributed by atoms with E-state index in [-0.39, 0.29) is 11.4 Å². The van der Waals surface area contributed by atoms with Crippen molar-refractivity contribution in [1.29, 1.82) is 0 Å². The molecule has 2 aliphatic heterocycles. The van der Waals surface area contributed by atoms with Gasteiger partial charge in [0.15, 0.2) is 24.3 Å². The number of aromatic nitrogens is 2. The van der Waals surface area contributed by atoms with E-state index in [1.165, 1.54) is 19.2 Å². The standard InChI is InChI=1S/C22H21F3N4O11/c1-9(30)14(26)19(32)40-28-13-6-7-29(20(33)27-13)17-16-15(37-21(34)38-16)12(36-17)8-35-18(31)10-2-4-11(5-3-10)39-22(23,24)25/h2-7,9,12,14-17,30H,8,26H2,1H3,(H,27,28,33)/t9?,12-,14-,15-,16-,17-/m1/s1. The normalized spacial score (nSPS) is 23.3. The summed E-state index contributed by atoms with van der Waals surface area (Å²) in [5.41, 5.74) is 6.55. The minimum Gasteiger partial charge on any atom is -0.459 e. The number of fused-ring (bicyclic) bond motifs is 1. The fourth-order valence-corrected chi connectivity index (χ4v) is 3.65. The topological polar surface area (TPSA) is 200 Å². The lowest BCUT2D eigenvalue weighted by atomic mass is 10.1. The molecule has 0 spiro atoms. The summed E-state index contributed by atoms with van der Waals surface area (Å²) in [6.45, 7) is 0.803. The first kappa shape index (κ1) is 28.6. The van der Waals surface area contributed by atoms with Gasteiger partial charge in [0.2, 0.25) is 0 Å². The van der Waals surface area contributed by atoms with E-state index in [9.17, 15) is 37.5 Å². The van der Waals surface area contributed by atoms with Crippen LogP contribution in [0.15, 0.2) is 41.3 Å². The lowest BCUT2D eigenvalue weighted by Gasteiger charge is -2.18. The molecule has 6 atom stereocenters. The fraction of sp³-hybridized carbons (Fsp3) is 0.409. The summed E-state index contributed by atoms with van der Waals surface area (Å²) >= 11 is 0. The molecule has 4 N–H and O–H groups in total. The Morgan fingerprint density at radius 1 is 1.18 bits per heavy atom. The van der Waals surface area contributed by atoms with Gasteiger partial charge in [-0.3, -0.25) is 4.57 Å². The average molecular weight is 574 g/mol. The Balaban J connectivity index is 1.39. The van der Waals surface area contributed by atoms with Gasteiger partial charge in [-0.05, 0) is 31.2 Å². The summed E-state index contributed by atoms with van der Waals surface area (Å²) in [5, 5.41) is 9.33. The van der Waals surface area contributed by atoms with Crippen LogP contribution in [0.25, 0.3) is 0 Å². The molecule has 15 nitrogen and oxygen atoms in total. The zero-order valence-electron chi connectivity index (χ0n) is 20.3. The van der Waals surface area contributed by atoms with Gasteiger partial charge in [0.1, 0.15) is 24.5 Å². The number of hydrogen-bond acceptors (Lipinski definition) is 14. The van der Waals surface area contributed by atoms with Gasteiger partial charge in [0, 0.05) is 12.3 Å². The first-order valence-electron chi connectivity index (χ1n) is 11.4. The Labute approximate surface area is 221 Å². The second-order valence-corrected chi connectivity index (χ2v) is 8.44. The van der Waals surface area contributed by atoms with Gasteiger partial charge in [-0.1, -0.05) is 0 Å². The lowest BCUT2D eigenvalue weighted by Crippen LogP contribution is -2.42. The predicted molar refractivity (Wildman–Crippen MR) is 120 cm³/mol. The molecule has 0 amide bonds. The van der Waals surface area contributed by atoms with Crippen LogP contribution in [0, 0.1) is 0 Å². The van der Waals surface area contributed by atoms with Crippen LogP contribution in [0.1, 0.15) is 23.5 Å². The molecular formula is C22H21F3N4O11. The van der Waals surface area contributed by atoms with Crippen LogP contribution in [0.4, 0.5) is 23.8 Å². The molecule has 1 aromatic heterocycles. The molecular weight excluding hydrogens is 553 g/mol. The molecule has 0 bridgehead atoms. The number of hydrogen-bond donors (Lipinski definition) is 3. The molecule has 1 aromatic carbocycles. The number of anilines is 1. The molecule has 4 rings (SSSR count). The van der Waals surface area contributed by atoms with Gasteiger partial charge in [0.25, 0.3) is 0 Å². The highest BCUT2D eigenvalue weighted by Gasteiger charge is 2.55. The zero-order valence-corrected chi connectivity index (χ0v) is 20.3. The van der Waals surface area contributed by atoms with Crippen molar-refractivity contribution >= 4 is 23.9 Å². The minimum absolute atomic E-state index is 0.0982. The number of carbonyl (C=O) groups is 3. The lowest BCUT2D eigenvalue weighted by molar-refractivity contribution is -0.274. The van der Waals surface area contributed by atoms with Crippen molar-refractivity contribution in [3.63, 3.8) is 0 Å². The number of nitrogens with one attached hydrogen (secondary N) is 1. The van der Waals surface area contributed by atoms with E-state index in [1.807, 2.05) is 0 Å². The average Bonchev–Trinajstić information content (AvgIpc) is 3.42. The molecule has 3 heterocycles. The highest BCUT2D eigenvalue weighted by molar-refractivity contribution is 5.89. The summed E-state index contributed by atoms with van der Waals surface area (Å²) in [4.78, 5) is 56.9. The second-order valence-electron chi connectivity index (χ2n) is 8.44. The second kappa shape index (κ2) is 11.4. The van der Waals surface area contributed by atoms with Crippen LogP contribution >= 0.6 is 0 Å². The minimum atomic E-state index is -4.90. The molecule has 2 saturated heterocycles. The summed E-state index contributed by atoms with van der Waals surface area (Å²) in [6, 6.07) is 3.84. The van der Waals surface area contributed by atoms with Gasteiger partial charge in [0.05, 0.1) is 11.7 Å². The van der Waals surface area contributed by atoms with Gasteiger partial charge < -0.3 is 39.4 Å². The molecule has 2 aromatic rings. The molecule has 0 radical (unpaired) electrons. The van der Waals surface area contributed by atoms with Gasteiger partial charge in [-0.25, -0.2) is 24.7 Å². The molecule has 0 aliphatic carbocycles. The van der Waals surface area contributed by atoms with E-state index in [0.29, 0.717) is 0 Å². The summed E-state index contributed by atoms with van der Waals surface area (Å²) in [5.74, 6) is -2.67. The van der Waals surface area contributed by atoms with Crippen LogP contribution in [-0.4, -0.2) is 76.2 Å². The van der Waals surface area contributed by atoms with E-state index in [2.05, 4.69) is 20.0 Å². The molecule has 18 heteroatoms. The van der Waals surface area contributed by atoms with Crippen molar-refractivity contribution in [1.82, 2.24) is 9.55 Å². The molecule has 2 aliphatic rings. The third kappa shape index (κ3) is 6.58. The molecule has 0 saturated carbocycles. The number of carbonyl (C=O) groups excluding carboxylic acids is 3. The molecule has 2 fully saturated rings. The number of aliphatic hydroxyl groups is 1. The molecule has 1 unspecified atom stereocenters. The maximum Gasteiger partial charge on any atom is 0.573 e.